The second kappa shape index (κ2) is 113. The predicted octanol–water partition coefficient (Wildman–Crippen LogP) is 2.66. The first-order valence-corrected chi connectivity index (χ1v) is 0.704. The molecule has 0 spiro atoms. The van der Waals surface area contributed by atoms with Gasteiger partial charge < -0.3 is 4.79 Å². The van der Waals surface area contributed by atoms with Gasteiger partial charge in [-0.25, -0.2) is 0 Å². The van der Waals surface area contributed by atoms with Crippen molar-refractivity contribution < 1.29 is 37.5 Å². The van der Waals surface area contributed by atoms with Crippen LogP contribution in [0.25, 0.3) is 0 Å². The van der Waals surface area contributed by atoms with E-state index in [1.165, 1.54) is 13.2 Å². The summed E-state index contributed by atoms with van der Waals surface area (Å²) >= 11 is 0. The summed E-state index contributed by atoms with van der Waals surface area (Å²) < 4.78 is 0. The molecule has 1 radical (unpaired) electrons. The first-order valence-electron chi connectivity index (χ1n) is 0.704. The topological polar surface area (TPSA) is 17.1 Å². The number of hydrogen-bond acceptors (Lipinski definition) is 1. The summed E-state index contributed by atoms with van der Waals surface area (Å²) in [4.78, 5) is 8.68. The van der Waals surface area contributed by atoms with Gasteiger partial charge in [0.15, 0.2) is 0 Å². The van der Waals surface area contributed by atoms with Crippen molar-refractivity contribution in [2.24, 2.45) is 0 Å². The molecule has 0 fully saturated rings. The molecule has 0 aromatic heterocycles. The summed E-state index contributed by atoms with van der Waals surface area (Å²) in [6.07, 6.45) is 1.50. The van der Waals surface area contributed by atoms with E-state index < -0.39 is 0 Å². The molecule has 0 aromatic carbocycles. The molecule has 0 rings (SSSR count). The molecular formula is C6H19OY-. The first-order chi connectivity index (χ1) is 1.41. The van der Waals surface area contributed by atoms with E-state index in [0.29, 0.717) is 0 Å². The molecule has 0 N–H and O–H groups in total. The van der Waals surface area contributed by atoms with Crippen LogP contribution in [-0.4, -0.2) is 6.29 Å². The molecule has 0 saturated carbocycles. The maximum absolute atomic E-state index is 8.68. The normalized spacial score (nSPS) is 1.62. The third-order valence-corrected chi connectivity index (χ3v) is 0. The van der Waals surface area contributed by atoms with Crippen molar-refractivity contribution in [1.29, 1.82) is 0 Å². The standard InChI is InChI=1S/C2H3O.4CH4.Y/c1-2-3;;;;;/h1H3;4*1H4;/q-1;;;;;. The molecule has 0 amide bonds. The molecule has 1 nitrogen and oxygen atoms in total. The van der Waals surface area contributed by atoms with E-state index in [1.807, 2.05) is 0 Å². The van der Waals surface area contributed by atoms with Gasteiger partial charge in [0.25, 0.3) is 0 Å². The van der Waals surface area contributed by atoms with Crippen molar-refractivity contribution in [2.45, 2.75) is 36.6 Å². The van der Waals surface area contributed by atoms with Gasteiger partial charge in [-0.2, -0.15) is 6.92 Å². The van der Waals surface area contributed by atoms with Crippen LogP contribution in [0.15, 0.2) is 0 Å². The van der Waals surface area contributed by atoms with Crippen LogP contribution in [-0.2, 0) is 37.5 Å². The Labute approximate surface area is 80.1 Å². The van der Waals surface area contributed by atoms with Crippen molar-refractivity contribution in [3.63, 3.8) is 0 Å². The van der Waals surface area contributed by atoms with Crippen molar-refractivity contribution in [1.82, 2.24) is 0 Å². The Hall–Kier alpha value is 0.774. The maximum Gasteiger partial charge on any atom is 0 e. The SMILES string of the molecule is C.C.C.C.C[C-]=O.[Y]. The van der Waals surface area contributed by atoms with Crippen LogP contribution in [0.3, 0.4) is 0 Å². The Balaban J connectivity index is -0.00000000200. The van der Waals surface area contributed by atoms with E-state index in [0.717, 1.165) is 0 Å². The molecule has 8 heavy (non-hydrogen) atoms. The Kier molecular flexibility index (Phi) is 976. The molecule has 0 aliphatic rings. The zero-order valence-electron chi connectivity index (χ0n) is 2.49. The van der Waals surface area contributed by atoms with Crippen LogP contribution in [0.5, 0.6) is 0 Å². The molecular weight excluding hydrogens is 177 g/mol. The fourth-order valence-corrected chi connectivity index (χ4v) is 0. The van der Waals surface area contributed by atoms with E-state index >= 15 is 0 Å². The molecule has 0 bridgehead atoms. The summed E-state index contributed by atoms with van der Waals surface area (Å²) in [7, 11) is 0. The van der Waals surface area contributed by atoms with Gasteiger partial charge in [0.1, 0.15) is 0 Å². The fraction of sp³-hybridized carbons (Fsp3) is 0.833. The molecule has 0 aliphatic heterocycles. The Morgan fingerprint density at radius 3 is 1.00 bits per heavy atom. The zero-order chi connectivity index (χ0) is 2.71. The van der Waals surface area contributed by atoms with Gasteiger partial charge in [-0.05, 0) is 0 Å². The molecule has 2 heteroatoms. The van der Waals surface area contributed by atoms with Crippen molar-refractivity contribution in [3.05, 3.63) is 0 Å². The quantitative estimate of drug-likeness (QED) is 0.544. The van der Waals surface area contributed by atoms with Gasteiger partial charge in [-0.3, -0.25) is 6.29 Å². The minimum absolute atomic E-state index is 0. The largest absolute Gasteiger partial charge is 0.542 e. The average Bonchev–Trinajstić information content (AvgIpc) is 0.918. The summed E-state index contributed by atoms with van der Waals surface area (Å²) in [5.41, 5.74) is 0. The van der Waals surface area contributed by atoms with Crippen LogP contribution in [0, 0.1) is 0 Å². The maximum atomic E-state index is 8.68. The van der Waals surface area contributed by atoms with Crippen LogP contribution >= 0.6 is 0 Å². The van der Waals surface area contributed by atoms with Crippen molar-refractivity contribution >= 4 is 6.29 Å². The average molecular weight is 196 g/mol. The van der Waals surface area contributed by atoms with Crippen LogP contribution in [0.4, 0.5) is 0 Å². The molecule has 53 valence electrons. The Morgan fingerprint density at radius 2 is 1.00 bits per heavy atom. The summed E-state index contributed by atoms with van der Waals surface area (Å²) in [6, 6.07) is 0. The van der Waals surface area contributed by atoms with Gasteiger partial charge in [0.2, 0.25) is 0 Å². The fourth-order valence-electron chi connectivity index (χ4n) is 0. The van der Waals surface area contributed by atoms with Gasteiger partial charge in [-0.1, -0.05) is 29.7 Å². The van der Waals surface area contributed by atoms with Crippen molar-refractivity contribution in [2.75, 3.05) is 0 Å². The van der Waals surface area contributed by atoms with Crippen LogP contribution < -0.4 is 0 Å². The van der Waals surface area contributed by atoms with Gasteiger partial charge in [-0.15, -0.1) is 0 Å². The Bertz CT molecular complexity index is 16.0. The first kappa shape index (κ1) is 68.9. The molecule has 0 aliphatic carbocycles. The van der Waals surface area contributed by atoms with Crippen LogP contribution in [0.1, 0.15) is 36.6 Å². The van der Waals surface area contributed by atoms with E-state index in [-0.39, 0.29) is 62.4 Å². The molecule has 0 aromatic rings. The number of rotatable bonds is 0. The second-order valence-corrected chi connectivity index (χ2v) is 0.204. The molecule has 0 heterocycles. The minimum atomic E-state index is 0. The van der Waals surface area contributed by atoms with E-state index in [4.69, 9.17) is 4.79 Å². The molecule has 0 saturated heterocycles. The third kappa shape index (κ3) is 377. The van der Waals surface area contributed by atoms with Crippen LogP contribution in [0.2, 0.25) is 0 Å². The van der Waals surface area contributed by atoms with Gasteiger partial charge in [0, 0.05) is 32.7 Å². The molecule has 0 unspecified atom stereocenters. The third-order valence-electron chi connectivity index (χ3n) is 0. The number of carbonyl (C=O) groups excluding carboxylic acids is 1. The van der Waals surface area contributed by atoms with Gasteiger partial charge >= 0.3 is 0 Å². The van der Waals surface area contributed by atoms with Gasteiger partial charge in [0.05, 0.1) is 0 Å². The van der Waals surface area contributed by atoms with Crippen molar-refractivity contribution in [3.8, 4) is 0 Å². The number of hydrogen-bond donors (Lipinski definition) is 0. The van der Waals surface area contributed by atoms with E-state index in [2.05, 4.69) is 0 Å². The van der Waals surface area contributed by atoms with E-state index in [1.54, 1.807) is 0 Å². The minimum Gasteiger partial charge on any atom is -0.542 e. The summed E-state index contributed by atoms with van der Waals surface area (Å²) in [6.45, 7) is 1.32. The molecule has 0 atom stereocenters. The summed E-state index contributed by atoms with van der Waals surface area (Å²) in [5.74, 6) is 0. The van der Waals surface area contributed by atoms with E-state index in [9.17, 15) is 0 Å². The second-order valence-electron chi connectivity index (χ2n) is 0.204. The monoisotopic (exact) mass is 196 g/mol. The Morgan fingerprint density at radius 1 is 1.00 bits per heavy atom. The zero-order valence-corrected chi connectivity index (χ0v) is 5.32. The summed E-state index contributed by atoms with van der Waals surface area (Å²) in [5, 5.41) is 0. The predicted molar refractivity (Wildman–Crippen MR) is 38.3 cm³/mol. The smallest absolute Gasteiger partial charge is 0 e.